The topological polar surface area (TPSA) is 58.1 Å². The minimum absolute atomic E-state index is 0. The van der Waals surface area contributed by atoms with Gasteiger partial charge in [0.05, 0.1) is 5.56 Å². The molecule has 2 heterocycles. The average molecular weight is 344 g/mol. The van der Waals surface area contributed by atoms with Crippen molar-refractivity contribution in [3.8, 4) is 0 Å². The lowest BCUT2D eigenvalue weighted by Crippen LogP contribution is -2.42. The van der Waals surface area contributed by atoms with Crippen LogP contribution in [0.2, 0.25) is 0 Å². The minimum atomic E-state index is -0.328. The Labute approximate surface area is 140 Å². The Bertz CT molecular complexity index is 741. The van der Waals surface area contributed by atoms with Crippen LogP contribution in [0.1, 0.15) is 16.8 Å². The number of fused-ring (bicyclic) bond motifs is 1. The quantitative estimate of drug-likeness (QED) is 0.898. The van der Waals surface area contributed by atoms with Crippen LogP contribution in [-0.4, -0.2) is 21.0 Å². The lowest BCUT2D eigenvalue weighted by molar-refractivity contribution is 0.240. The second-order valence-corrected chi connectivity index (χ2v) is 5.20. The number of aromatic amines is 1. The summed E-state index contributed by atoms with van der Waals surface area (Å²) in [4.78, 5) is 28.8. The molecule has 1 aliphatic heterocycles. The van der Waals surface area contributed by atoms with Crippen molar-refractivity contribution >= 4 is 24.8 Å². The number of halogens is 2. The van der Waals surface area contributed by atoms with E-state index >= 15 is 0 Å². The third kappa shape index (κ3) is 3.61. The Morgan fingerprint density at radius 1 is 1.14 bits per heavy atom. The Balaban J connectivity index is 0.00000121. The van der Waals surface area contributed by atoms with E-state index in [1.807, 2.05) is 18.2 Å². The van der Waals surface area contributed by atoms with Crippen LogP contribution in [0.5, 0.6) is 0 Å². The molecular formula is C15H19Cl2N3O2. The summed E-state index contributed by atoms with van der Waals surface area (Å²) in [7, 11) is 1.51. The molecule has 120 valence electrons. The molecule has 5 nitrogen and oxygen atoms in total. The van der Waals surface area contributed by atoms with Crippen LogP contribution in [0.3, 0.4) is 0 Å². The molecule has 0 spiro atoms. The van der Waals surface area contributed by atoms with Crippen LogP contribution in [0.25, 0.3) is 0 Å². The minimum Gasteiger partial charge on any atom is -0.311 e. The van der Waals surface area contributed by atoms with Crippen LogP contribution in [0.4, 0.5) is 0 Å². The molecule has 2 aromatic rings. The highest BCUT2D eigenvalue weighted by Gasteiger charge is 2.21. The van der Waals surface area contributed by atoms with Gasteiger partial charge in [-0.15, -0.1) is 24.8 Å². The molecule has 1 N–H and O–H groups in total. The zero-order valence-electron chi connectivity index (χ0n) is 12.2. The molecule has 0 saturated heterocycles. The zero-order chi connectivity index (χ0) is 14.1. The smallest absolute Gasteiger partial charge is 0.311 e. The van der Waals surface area contributed by atoms with Gasteiger partial charge in [0, 0.05) is 38.8 Å². The maximum absolute atomic E-state index is 12.1. The predicted molar refractivity (Wildman–Crippen MR) is 91.1 cm³/mol. The van der Waals surface area contributed by atoms with Gasteiger partial charge in [-0.05, 0) is 5.56 Å². The van der Waals surface area contributed by atoms with Crippen molar-refractivity contribution in [2.24, 2.45) is 7.05 Å². The van der Waals surface area contributed by atoms with Crippen molar-refractivity contribution in [1.29, 1.82) is 0 Å². The fourth-order valence-corrected chi connectivity index (χ4v) is 2.64. The first-order valence-electron chi connectivity index (χ1n) is 6.72. The average Bonchev–Trinajstić information content (AvgIpc) is 2.47. The summed E-state index contributed by atoms with van der Waals surface area (Å²) in [5.41, 5.74) is 2.24. The fraction of sp³-hybridized carbons (Fsp3) is 0.333. The molecule has 0 fully saturated rings. The van der Waals surface area contributed by atoms with Crippen LogP contribution < -0.4 is 11.2 Å². The van der Waals surface area contributed by atoms with Crippen molar-refractivity contribution in [3.63, 3.8) is 0 Å². The first-order valence-corrected chi connectivity index (χ1v) is 6.72. The predicted octanol–water partition coefficient (Wildman–Crippen LogP) is 1.48. The lowest BCUT2D eigenvalue weighted by Gasteiger charge is -2.28. The Morgan fingerprint density at radius 3 is 2.50 bits per heavy atom. The molecule has 0 radical (unpaired) electrons. The molecule has 0 atom stereocenters. The normalized spacial score (nSPS) is 13.7. The number of H-pyrrole nitrogens is 1. The molecule has 22 heavy (non-hydrogen) atoms. The van der Waals surface area contributed by atoms with Crippen molar-refractivity contribution in [3.05, 3.63) is 68.0 Å². The van der Waals surface area contributed by atoms with Gasteiger partial charge in [-0.25, -0.2) is 4.79 Å². The highest BCUT2D eigenvalue weighted by molar-refractivity contribution is 5.85. The summed E-state index contributed by atoms with van der Waals surface area (Å²) < 4.78 is 1.14. The number of benzene rings is 1. The summed E-state index contributed by atoms with van der Waals surface area (Å²) in [6.07, 6.45) is 0.716. The number of hydrogen-bond acceptors (Lipinski definition) is 3. The third-order valence-electron chi connectivity index (χ3n) is 3.80. The first-order chi connectivity index (χ1) is 9.65. The van der Waals surface area contributed by atoms with Gasteiger partial charge in [0.1, 0.15) is 0 Å². The molecule has 1 aromatic heterocycles. The number of aromatic nitrogens is 2. The van der Waals surface area contributed by atoms with E-state index in [0.29, 0.717) is 18.5 Å². The molecule has 7 heteroatoms. The fourth-order valence-electron chi connectivity index (χ4n) is 2.64. The van der Waals surface area contributed by atoms with Gasteiger partial charge in [0.25, 0.3) is 5.56 Å². The maximum Gasteiger partial charge on any atom is 0.328 e. The van der Waals surface area contributed by atoms with Crippen LogP contribution in [0.15, 0.2) is 39.9 Å². The Morgan fingerprint density at radius 2 is 1.82 bits per heavy atom. The van der Waals surface area contributed by atoms with Crippen LogP contribution >= 0.6 is 24.8 Å². The zero-order valence-corrected chi connectivity index (χ0v) is 13.9. The molecule has 0 unspecified atom stereocenters. The summed E-state index contributed by atoms with van der Waals surface area (Å²) in [5, 5.41) is 0. The number of nitrogens with zero attached hydrogens (tertiary/aromatic N) is 2. The van der Waals surface area contributed by atoms with E-state index in [4.69, 9.17) is 0 Å². The molecule has 1 aromatic carbocycles. The lowest BCUT2D eigenvalue weighted by atomic mass is 10.1. The van der Waals surface area contributed by atoms with Crippen LogP contribution in [0, 0.1) is 0 Å². The van der Waals surface area contributed by atoms with Gasteiger partial charge in [-0.1, -0.05) is 30.3 Å². The van der Waals surface area contributed by atoms with E-state index in [9.17, 15) is 9.59 Å². The van der Waals surface area contributed by atoms with Gasteiger partial charge in [0.2, 0.25) is 0 Å². The number of rotatable bonds is 2. The highest BCUT2D eigenvalue weighted by Crippen LogP contribution is 2.15. The molecule has 0 bridgehead atoms. The molecule has 1 aliphatic rings. The van der Waals surface area contributed by atoms with E-state index in [1.165, 1.54) is 12.6 Å². The highest BCUT2D eigenvalue weighted by atomic mass is 35.5. The summed E-state index contributed by atoms with van der Waals surface area (Å²) >= 11 is 0. The van der Waals surface area contributed by atoms with E-state index in [0.717, 1.165) is 23.4 Å². The van der Waals surface area contributed by atoms with Gasteiger partial charge >= 0.3 is 5.69 Å². The van der Waals surface area contributed by atoms with Crippen LogP contribution in [-0.2, 0) is 26.6 Å². The molecule has 3 rings (SSSR count). The van der Waals surface area contributed by atoms with E-state index in [1.54, 1.807) is 0 Å². The van der Waals surface area contributed by atoms with Gasteiger partial charge < -0.3 is 4.98 Å². The molecule has 0 aliphatic carbocycles. The van der Waals surface area contributed by atoms with E-state index < -0.39 is 0 Å². The Kier molecular flexibility index (Phi) is 6.41. The van der Waals surface area contributed by atoms with E-state index in [-0.39, 0.29) is 36.1 Å². The summed E-state index contributed by atoms with van der Waals surface area (Å²) in [6.45, 7) is 2.27. The summed E-state index contributed by atoms with van der Waals surface area (Å²) in [5.74, 6) is 0. The van der Waals surface area contributed by atoms with Crippen molar-refractivity contribution < 1.29 is 0 Å². The summed E-state index contributed by atoms with van der Waals surface area (Å²) in [6, 6.07) is 10.2. The molecule has 0 saturated carbocycles. The standard InChI is InChI=1S/C15H17N3O2.2ClH/c1-17-14(19)12-10-18(8-7-13(12)16-15(17)20)9-11-5-3-2-4-6-11;;/h2-6H,7-10H2,1H3,(H,16,20);2*1H. The van der Waals surface area contributed by atoms with E-state index in [2.05, 4.69) is 22.0 Å². The van der Waals surface area contributed by atoms with Gasteiger partial charge in [-0.3, -0.25) is 14.3 Å². The first kappa shape index (κ1) is 18.5. The largest absolute Gasteiger partial charge is 0.328 e. The van der Waals surface area contributed by atoms with Gasteiger partial charge in [-0.2, -0.15) is 0 Å². The molecular weight excluding hydrogens is 325 g/mol. The SMILES string of the molecule is Cl.Cl.Cn1c(=O)[nH]c2c(c1=O)CN(Cc1ccccc1)CC2. The Hall–Kier alpha value is -1.56. The monoisotopic (exact) mass is 343 g/mol. The van der Waals surface area contributed by atoms with Crippen molar-refractivity contribution in [2.75, 3.05) is 6.54 Å². The second-order valence-electron chi connectivity index (χ2n) is 5.20. The molecule has 0 amide bonds. The number of hydrogen-bond donors (Lipinski definition) is 1. The van der Waals surface area contributed by atoms with Crippen molar-refractivity contribution in [2.45, 2.75) is 19.5 Å². The third-order valence-corrected chi connectivity index (χ3v) is 3.80. The second kappa shape index (κ2) is 7.63. The van der Waals surface area contributed by atoms with Gasteiger partial charge in [0.15, 0.2) is 0 Å². The number of nitrogens with one attached hydrogen (secondary N) is 1. The maximum atomic E-state index is 12.1. The van der Waals surface area contributed by atoms with Crippen molar-refractivity contribution in [1.82, 2.24) is 14.5 Å².